The van der Waals surface area contributed by atoms with E-state index in [4.69, 9.17) is 4.74 Å². The van der Waals surface area contributed by atoms with E-state index >= 15 is 0 Å². The van der Waals surface area contributed by atoms with Gasteiger partial charge in [-0.3, -0.25) is 9.78 Å². The monoisotopic (exact) mass is 351 g/mol. The lowest BCUT2D eigenvalue weighted by Gasteiger charge is -2.22. The van der Waals surface area contributed by atoms with Gasteiger partial charge in [-0.15, -0.1) is 0 Å². The minimum Gasteiger partial charge on any atom is -0.383 e. The van der Waals surface area contributed by atoms with Gasteiger partial charge in [-0.25, -0.2) is 0 Å². The molecule has 6 heteroatoms. The van der Waals surface area contributed by atoms with E-state index in [1.807, 2.05) is 42.1 Å². The Labute approximate surface area is 132 Å². The molecule has 2 rings (SSSR count). The van der Waals surface area contributed by atoms with Crippen LogP contribution in [0.25, 0.3) is 0 Å². The van der Waals surface area contributed by atoms with Gasteiger partial charge in [0.05, 0.1) is 18.8 Å². The van der Waals surface area contributed by atoms with E-state index in [1.54, 1.807) is 18.2 Å². The standard InChI is InChI=1S/C15H18BrN3O2/c1-18-10-12(16)9-14(18)15(20)19(7-8-21-2)11-13-5-3-4-6-17-13/h3-6,9-10H,7-8,11H2,1-2H3. The van der Waals surface area contributed by atoms with Crippen molar-refractivity contribution in [2.45, 2.75) is 6.54 Å². The van der Waals surface area contributed by atoms with E-state index in [1.165, 1.54) is 0 Å². The van der Waals surface area contributed by atoms with E-state index in [-0.39, 0.29) is 5.91 Å². The second kappa shape index (κ2) is 7.38. The Morgan fingerprint density at radius 1 is 1.48 bits per heavy atom. The first kappa shape index (κ1) is 15.7. The molecule has 0 saturated carbocycles. The zero-order valence-corrected chi connectivity index (χ0v) is 13.7. The van der Waals surface area contributed by atoms with Crippen molar-refractivity contribution in [3.05, 3.63) is 52.5 Å². The van der Waals surface area contributed by atoms with Crippen LogP contribution in [0.2, 0.25) is 0 Å². The zero-order valence-electron chi connectivity index (χ0n) is 12.1. The number of hydrogen-bond acceptors (Lipinski definition) is 3. The Bertz CT molecular complexity index is 598. The van der Waals surface area contributed by atoms with Gasteiger partial charge in [0.1, 0.15) is 5.69 Å². The van der Waals surface area contributed by atoms with Gasteiger partial charge in [-0.2, -0.15) is 0 Å². The molecular weight excluding hydrogens is 334 g/mol. The van der Waals surface area contributed by atoms with E-state index < -0.39 is 0 Å². The van der Waals surface area contributed by atoms with Crippen LogP contribution in [0.4, 0.5) is 0 Å². The van der Waals surface area contributed by atoms with Crippen LogP contribution in [0.3, 0.4) is 0 Å². The van der Waals surface area contributed by atoms with E-state index in [9.17, 15) is 4.79 Å². The number of nitrogens with zero attached hydrogens (tertiary/aromatic N) is 3. The minimum atomic E-state index is -0.0362. The predicted molar refractivity (Wildman–Crippen MR) is 84.0 cm³/mol. The molecule has 0 fully saturated rings. The second-order valence-corrected chi connectivity index (χ2v) is 5.61. The number of aromatic nitrogens is 2. The topological polar surface area (TPSA) is 47.4 Å². The Morgan fingerprint density at radius 2 is 2.29 bits per heavy atom. The van der Waals surface area contributed by atoms with Crippen molar-refractivity contribution in [2.75, 3.05) is 20.3 Å². The van der Waals surface area contributed by atoms with Crippen molar-refractivity contribution in [2.24, 2.45) is 7.05 Å². The first-order chi connectivity index (χ1) is 10.1. The van der Waals surface area contributed by atoms with Crippen molar-refractivity contribution in [1.29, 1.82) is 0 Å². The molecule has 0 saturated heterocycles. The van der Waals surface area contributed by atoms with Crippen molar-refractivity contribution >= 4 is 21.8 Å². The molecule has 0 aliphatic heterocycles. The summed E-state index contributed by atoms with van der Waals surface area (Å²) in [7, 11) is 3.48. The zero-order chi connectivity index (χ0) is 15.2. The van der Waals surface area contributed by atoms with Crippen LogP contribution in [0.5, 0.6) is 0 Å². The van der Waals surface area contributed by atoms with Gasteiger partial charge in [0, 0.05) is 37.6 Å². The molecular formula is C15H18BrN3O2. The molecule has 0 atom stereocenters. The molecule has 0 spiro atoms. The van der Waals surface area contributed by atoms with Gasteiger partial charge < -0.3 is 14.2 Å². The van der Waals surface area contributed by atoms with Crippen LogP contribution in [0.1, 0.15) is 16.2 Å². The smallest absolute Gasteiger partial charge is 0.270 e. The molecule has 112 valence electrons. The summed E-state index contributed by atoms with van der Waals surface area (Å²) in [5.74, 6) is -0.0362. The van der Waals surface area contributed by atoms with Crippen LogP contribution in [0.15, 0.2) is 41.1 Å². The molecule has 2 aromatic rings. The molecule has 2 heterocycles. The average Bonchev–Trinajstić information content (AvgIpc) is 2.82. The van der Waals surface area contributed by atoms with Gasteiger partial charge >= 0.3 is 0 Å². The van der Waals surface area contributed by atoms with Crippen molar-refractivity contribution in [3.8, 4) is 0 Å². The summed E-state index contributed by atoms with van der Waals surface area (Å²) in [6.45, 7) is 1.48. The number of hydrogen-bond donors (Lipinski definition) is 0. The molecule has 0 aliphatic rings. The number of amides is 1. The first-order valence-electron chi connectivity index (χ1n) is 6.62. The van der Waals surface area contributed by atoms with Crippen molar-refractivity contribution < 1.29 is 9.53 Å². The van der Waals surface area contributed by atoms with Crippen molar-refractivity contribution in [3.63, 3.8) is 0 Å². The average molecular weight is 352 g/mol. The maximum absolute atomic E-state index is 12.7. The Kier molecular flexibility index (Phi) is 5.52. The third-order valence-corrected chi connectivity index (χ3v) is 3.56. The molecule has 5 nitrogen and oxygen atoms in total. The third kappa shape index (κ3) is 4.15. The third-order valence-electron chi connectivity index (χ3n) is 3.12. The van der Waals surface area contributed by atoms with Crippen LogP contribution < -0.4 is 0 Å². The summed E-state index contributed by atoms with van der Waals surface area (Å²) in [4.78, 5) is 18.7. The number of rotatable bonds is 6. The van der Waals surface area contributed by atoms with Crippen LogP contribution in [-0.4, -0.2) is 40.6 Å². The molecule has 0 aliphatic carbocycles. The molecule has 1 amide bonds. The van der Waals surface area contributed by atoms with Gasteiger partial charge in [0.25, 0.3) is 5.91 Å². The number of aryl methyl sites for hydroxylation is 1. The molecule has 0 N–H and O–H groups in total. The highest BCUT2D eigenvalue weighted by Crippen LogP contribution is 2.16. The Morgan fingerprint density at radius 3 is 2.86 bits per heavy atom. The fraction of sp³-hybridized carbons (Fsp3) is 0.333. The number of ether oxygens (including phenoxy) is 1. The van der Waals surface area contributed by atoms with Gasteiger partial charge in [-0.1, -0.05) is 6.07 Å². The van der Waals surface area contributed by atoms with E-state index in [0.717, 1.165) is 10.2 Å². The number of methoxy groups -OCH3 is 1. The van der Waals surface area contributed by atoms with Crippen LogP contribution in [-0.2, 0) is 18.3 Å². The summed E-state index contributed by atoms with van der Waals surface area (Å²) in [5.41, 5.74) is 1.49. The summed E-state index contributed by atoms with van der Waals surface area (Å²) in [5, 5.41) is 0. The molecule has 21 heavy (non-hydrogen) atoms. The molecule has 0 aromatic carbocycles. The first-order valence-corrected chi connectivity index (χ1v) is 7.41. The van der Waals surface area contributed by atoms with Gasteiger partial charge in [0.2, 0.25) is 0 Å². The number of pyridine rings is 1. The highest BCUT2D eigenvalue weighted by molar-refractivity contribution is 9.10. The summed E-state index contributed by atoms with van der Waals surface area (Å²) in [6.07, 6.45) is 3.59. The highest BCUT2D eigenvalue weighted by atomic mass is 79.9. The fourth-order valence-corrected chi connectivity index (χ4v) is 2.56. The Balaban J connectivity index is 2.19. The van der Waals surface area contributed by atoms with Crippen LogP contribution in [0, 0.1) is 0 Å². The minimum absolute atomic E-state index is 0.0362. The van der Waals surface area contributed by atoms with Crippen molar-refractivity contribution in [1.82, 2.24) is 14.5 Å². The number of carbonyl (C=O) groups is 1. The molecule has 0 radical (unpaired) electrons. The summed E-state index contributed by atoms with van der Waals surface area (Å²) < 4.78 is 7.80. The summed E-state index contributed by atoms with van der Waals surface area (Å²) >= 11 is 3.39. The lowest BCUT2D eigenvalue weighted by atomic mass is 10.3. The lowest BCUT2D eigenvalue weighted by molar-refractivity contribution is 0.0668. The highest BCUT2D eigenvalue weighted by Gasteiger charge is 2.19. The van der Waals surface area contributed by atoms with Gasteiger partial charge in [-0.05, 0) is 34.1 Å². The number of halogens is 1. The quantitative estimate of drug-likeness (QED) is 0.803. The summed E-state index contributed by atoms with van der Waals surface area (Å²) in [6, 6.07) is 7.51. The fourth-order valence-electron chi connectivity index (χ4n) is 2.04. The van der Waals surface area contributed by atoms with Crippen LogP contribution >= 0.6 is 15.9 Å². The predicted octanol–water partition coefficient (Wildman–Crippen LogP) is 2.47. The largest absolute Gasteiger partial charge is 0.383 e. The van der Waals surface area contributed by atoms with Gasteiger partial charge in [0.15, 0.2) is 0 Å². The molecule has 0 bridgehead atoms. The number of carbonyl (C=O) groups excluding carboxylic acids is 1. The molecule has 0 unspecified atom stereocenters. The maximum Gasteiger partial charge on any atom is 0.270 e. The second-order valence-electron chi connectivity index (χ2n) is 4.70. The molecule has 2 aromatic heterocycles. The maximum atomic E-state index is 12.7. The Hall–Kier alpha value is -1.66. The lowest BCUT2D eigenvalue weighted by Crippen LogP contribution is -2.34. The van der Waals surface area contributed by atoms with E-state index in [0.29, 0.717) is 25.4 Å². The van der Waals surface area contributed by atoms with E-state index in [2.05, 4.69) is 20.9 Å². The SMILES string of the molecule is COCCN(Cc1ccccn1)C(=O)c1cc(Br)cn1C. The normalized spacial score (nSPS) is 10.6.